The molecule has 11 aromatic carbocycles. The standard InChI is InChI=1S/C60H38N2/c1-2-17-43(18-3-1)61-56-28-13-11-21-47(56)54-37-41(32-36-57(54)61)42-31-35-48-46-20-10-12-27-55(46)62(58(48)38-42)44-33-29-40(30-34-44)59-50-22-6-8-24-52(50)60(53-25-9-7-23-51(53)59)49-26-14-16-39-15-4-5-19-45(39)49/h1-38H. The fraction of sp³-hybridized carbons (Fsp3) is 0. The maximum absolute atomic E-state index is 2.44. The molecule has 0 aliphatic carbocycles. The average Bonchev–Trinajstić information content (AvgIpc) is 3.85. The van der Waals surface area contributed by atoms with Crippen LogP contribution in [-0.2, 0) is 0 Å². The fourth-order valence-corrected chi connectivity index (χ4v) is 10.4. The summed E-state index contributed by atoms with van der Waals surface area (Å²) < 4.78 is 4.82. The lowest BCUT2D eigenvalue weighted by molar-refractivity contribution is 1.18. The van der Waals surface area contributed by atoms with Gasteiger partial charge in [-0.3, -0.25) is 0 Å². The van der Waals surface area contributed by atoms with E-state index in [2.05, 4.69) is 240 Å². The SMILES string of the molecule is c1ccc(-n2c3ccccc3c3cc(-c4ccc5c6ccccc6n(-c6ccc(-c7c8ccccc8c(-c8cccc9ccccc89)c8ccccc78)cc6)c5c4)ccc32)cc1. The molecule has 0 atom stereocenters. The zero-order valence-electron chi connectivity index (χ0n) is 33.8. The minimum absolute atomic E-state index is 1.14. The number of nitrogens with zero attached hydrogens (tertiary/aromatic N) is 2. The molecule has 2 heteroatoms. The summed E-state index contributed by atoms with van der Waals surface area (Å²) >= 11 is 0. The van der Waals surface area contributed by atoms with Crippen LogP contribution < -0.4 is 0 Å². The lowest BCUT2D eigenvalue weighted by Crippen LogP contribution is -1.95. The molecule has 2 heterocycles. The summed E-state index contributed by atoms with van der Waals surface area (Å²) in [6.07, 6.45) is 0. The second-order valence-corrected chi connectivity index (χ2v) is 16.4. The normalized spacial score (nSPS) is 11.9. The van der Waals surface area contributed by atoms with Gasteiger partial charge in [-0.1, -0.05) is 176 Å². The van der Waals surface area contributed by atoms with Gasteiger partial charge in [-0.2, -0.15) is 0 Å². The van der Waals surface area contributed by atoms with Crippen molar-refractivity contribution in [2.45, 2.75) is 0 Å². The van der Waals surface area contributed by atoms with Gasteiger partial charge in [0.1, 0.15) is 0 Å². The van der Waals surface area contributed by atoms with Gasteiger partial charge in [-0.05, 0) is 120 Å². The summed E-state index contributed by atoms with van der Waals surface area (Å²) in [6, 6.07) is 84.7. The number of fused-ring (bicyclic) bond motifs is 9. The summed E-state index contributed by atoms with van der Waals surface area (Å²) in [4.78, 5) is 0. The van der Waals surface area contributed by atoms with Crippen molar-refractivity contribution in [2.24, 2.45) is 0 Å². The highest BCUT2D eigenvalue weighted by atomic mass is 15.0. The van der Waals surface area contributed by atoms with Crippen molar-refractivity contribution in [3.05, 3.63) is 231 Å². The highest BCUT2D eigenvalue weighted by Crippen LogP contribution is 2.46. The molecule has 0 bridgehead atoms. The van der Waals surface area contributed by atoms with Crippen LogP contribution in [0.25, 0.3) is 121 Å². The van der Waals surface area contributed by atoms with E-state index in [0.717, 1.165) is 5.69 Å². The first-order valence-corrected chi connectivity index (χ1v) is 21.4. The summed E-state index contributed by atoms with van der Waals surface area (Å²) in [6.45, 7) is 0. The quantitative estimate of drug-likeness (QED) is 0.154. The molecule has 0 unspecified atom stereocenters. The van der Waals surface area contributed by atoms with E-state index < -0.39 is 0 Å². The zero-order valence-corrected chi connectivity index (χ0v) is 33.8. The summed E-state index contributed by atoms with van der Waals surface area (Å²) in [5.41, 5.74) is 14.5. The van der Waals surface area contributed by atoms with Crippen molar-refractivity contribution >= 4 is 75.9 Å². The number of hydrogen-bond donors (Lipinski definition) is 0. The van der Waals surface area contributed by atoms with Crippen LogP contribution in [0.15, 0.2) is 231 Å². The molecule has 13 aromatic rings. The van der Waals surface area contributed by atoms with Crippen molar-refractivity contribution < 1.29 is 0 Å². The maximum Gasteiger partial charge on any atom is 0.0547 e. The predicted molar refractivity (Wildman–Crippen MR) is 264 cm³/mol. The monoisotopic (exact) mass is 786 g/mol. The van der Waals surface area contributed by atoms with E-state index in [4.69, 9.17) is 0 Å². The van der Waals surface area contributed by atoms with E-state index in [1.807, 2.05) is 0 Å². The van der Waals surface area contributed by atoms with Crippen molar-refractivity contribution in [1.82, 2.24) is 9.13 Å². The lowest BCUT2D eigenvalue weighted by Gasteiger charge is -2.19. The number of aromatic nitrogens is 2. The molecular formula is C60H38N2. The van der Waals surface area contributed by atoms with Gasteiger partial charge in [-0.25, -0.2) is 0 Å². The van der Waals surface area contributed by atoms with Crippen molar-refractivity contribution in [3.63, 3.8) is 0 Å². The molecule has 0 amide bonds. The third-order valence-electron chi connectivity index (χ3n) is 13.1. The Morgan fingerprint density at radius 1 is 0.226 bits per heavy atom. The minimum Gasteiger partial charge on any atom is -0.309 e. The Morgan fingerprint density at radius 2 is 0.677 bits per heavy atom. The van der Waals surface area contributed by atoms with Crippen LogP contribution in [0.1, 0.15) is 0 Å². The van der Waals surface area contributed by atoms with E-state index >= 15 is 0 Å². The zero-order chi connectivity index (χ0) is 40.7. The molecule has 288 valence electrons. The van der Waals surface area contributed by atoms with Crippen LogP contribution in [0.5, 0.6) is 0 Å². The number of benzene rings is 11. The topological polar surface area (TPSA) is 9.86 Å². The maximum atomic E-state index is 2.44. The van der Waals surface area contributed by atoms with Crippen molar-refractivity contribution in [1.29, 1.82) is 0 Å². The van der Waals surface area contributed by atoms with Crippen LogP contribution in [0.4, 0.5) is 0 Å². The van der Waals surface area contributed by atoms with Gasteiger partial charge in [0, 0.05) is 32.9 Å². The number of para-hydroxylation sites is 3. The second kappa shape index (κ2) is 13.7. The minimum atomic E-state index is 1.14. The van der Waals surface area contributed by atoms with Crippen LogP contribution in [0.3, 0.4) is 0 Å². The third kappa shape index (κ3) is 5.17. The molecule has 0 aliphatic heterocycles. The van der Waals surface area contributed by atoms with Gasteiger partial charge >= 0.3 is 0 Å². The summed E-state index contributed by atoms with van der Waals surface area (Å²) in [5, 5.41) is 12.6. The van der Waals surface area contributed by atoms with E-state index in [9.17, 15) is 0 Å². The molecular weight excluding hydrogens is 749 g/mol. The van der Waals surface area contributed by atoms with Crippen LogP contribution in [0, 0.1) is 0 Å². The van der Waals surface area contributed by atoms with Gasteiger partial charge < -0.3 is 9.13 Å². The van der Waals surface area contributed by atoms with Crippen LogP contribution in [0.2, 0.25) is 0 Å². The molecule has 0 N–H and O–H groups in total. The summed E-state index contributed by atoms with van der Waals surface area (Å²) in [5.74, 6) is 0. The molecule has 0 spiro atoms. The molecule has 0 saturated heterocycles. The van der Waals surface area contributed by atoms with E-state index in [-0.39, 0.29) is 0 Å². The number of rotatable bonds is 5. The first-order chi connectivity index (χ1) is 30.8. The highest BCUT2D eigenvalue weighted by molar-refractivity contribution is 6.23. The van der Waals surface area contributed by atoms with Crippen LogP contribution >= 0.6 is 0 Å². The Bertz CT molecular complexity index is 3840. The molecule has 0 saturated carbocycles. The molecule has 2 aromatic heterocycles. The lowest BCUT2D eigenvalue weighted by atomic mass is 9.85. The smallest absolute Gasteiger partial charge is 0.0547 e. The van der Waals surface area contributed by atoms with Crippen LogP contribution in [-0.4, -0.2) is 9.13 Å². The predicted octanol–water partition coefficient (Wildman–Crippen LogP) is 16.3. The Labute approximate surface area is 358 Å². The Morgan fingerprint density at radius 3 is 1.37 bits per heavy atom. The van der Waals surface area contributed by atoms with E-state index in [1.54, 1.807) is 0 Å². The van der Waals surface area contributed by atoms with Gasteiger partial charge in [-0.15, -0.1) is 0 Å². The fourth-order valence-electron chi connectivity index (χ4n) is 10.4. The largest absolute Gasteiger partial charge is 0.309 e. The molecule has 2 nitrogen and oxygen atoms in total. The van der Waals surface area contributed by atoms with Gasteiger partial charge in [0.25, 0.3) is 0 Å². The Kier molecular flexibility index (Phi) is 7.64. The Balaban J connectivity index is 0.971. The molecule has 0 fully saturated rings. The van der Waals surface area contributed by atoms with Crippen molar-refractivity contribution in [3.8, 4) is 44.8 Å². The first kappa shape index (κ1) is 34.6. The second-order valence-electron chi connectivity index (χ2n) is 16.4. The summed E-state index contributed by atoms with van der Waals surface area (Å²) in [7, 11) is 0. The van der Waals surface area contributed by atoms with Crippen molar-refractivity contribution in [2.75, 3.05) is 0 Å². The Hall–Kier alpha value is -8.20. The highest BCUT2D eigenvalue weighted by Gasteiger charge is 2.20. The van der Waals surface area contributed by atoms with Gasteiger partial charge in [0.2, 0.25) is 0 Å². The third-order valence-corrected chi connectivity index (χ3v) is 13.1. The molecule has 13 rings (SSSR count). The van der Waals surface area contributed by atoms with E-state index in [1.165, 1.54) is 115 Å². The molecule has 0 aliphatic rings. The number of hydrogen-bond acceptors (Lipinski definition) is 0. The van der Waals surface area contributed by atoms with Gasteiger partial charge in [0.05, 0.1) is 22.1 Å². The average molecular weight is 787 g/mol. The first-order valence-electron chi connectivity index (χ1n) is 21.4. The molecule has 0 radical (unpaired) electrons. The molecule has 62 heavy (non-hydrogen) atoms. The van der Waals surface area contributed by atoms with E-state index in [0.29, 0.717) is 0 Å². The van der Waals surface area contributed by atoms with Gasteiger partial charge in [0.15, 0.2) is 0 Å².